The molecule has 152 valence electrons. The van der Waals surface area contributed by atoms with Crippen LogP contribution < -0.4 is 9.47 Å². The maximum absolute atomic E-state index is 15.2. The second kappa shape index (κ2) is 8.33. The van der Waals surface area contributed by atoms with Crippen LogP contribution in [-0.4, -0.2) is 57.1 Å². The number of piperidine rings is 1. The number of ether oxygens (including phenoxy) is 4. The molecule has 1 aromatic rings. The molecule has 2 heterocycles. The highest BCUT2D eigenvalue weighted by Crippen LogP contribution is 2.44. The van der Waals surface area contributed by atoms with Crippen LogP contribution in [0.25, 0.3) is 0 Å². The molecule has 0 spiro atoms. The molecule has 5 nitrogen and oxygen atoms in total. The highest BCUT2D eigenvalue weighted by Gasteiger charge is 2.37. The zero-order valence-corrected chi connectivity index (χ0v) is 17.1. The third kappa shape index (κ3) is 4.55. The van der Waals surface area contributed by atoms with E-state index in [1.165, 1.54) is 0 Å². The summed E-state index contributed by atoms with van der Waals surface area (Å²) in [5.41, 5.74) is 1.65. The van der Waals surface area contributed by atoms with E-state index in [2.05, 4.69) is 25.7 Å². The van der Waals surface area contributed by atoms with E-state index in [-0.39, 0.29) is 29.3 Å². The summed E-state index contributed by atoms with van der Waals surface area (Å²) in [4.78, 5) is 2.42. The van der Waals surface area contributed by atoms with Gasteiger partial charge in [0.1, 0.15) is 6.61 Å². The van der Waals surface area contributed by atoms with Crippen molar-refractivity contribution in [3.63, 3.8) is 0 Å². The summed E-state index contributed by atoms with van der Waals surface area (Å²) in [5.74, 6) is 0.372. The van der Waals surface area contributed by atoms with Crippen molar-refractivity contribution >= 4 is 0 Å². The average Bonchev–Trinajstić information content (AvgIpc) is 2.61. The number of methoxy groups -OCH3 is 2. The van der Waals surface area contributed by atoms with Gasteiger partial charge in [-0.25, -0.2) is 4.39 Å². The molecule has 0 aromatic heterocycles. The van der Waals surface area contributed by atoms with E-state index in [4.69, 9.17) is 18.9 Å². The van der Waals surface area contributed by atoms with Gasteiger partial charge in [-0.15, -0.1) is 0 Å². The fourth-order valence-electron chi connectivity index (χ4n) is 4.19. The van der Waals surface area contributed by atoms with E-state index in [1.54, 1.807) is 14.2 Å². The molecule has 2 unspecified atom stereocenters. The normalized spacial score (nSPS) is 22.9. The van der Waals surface area contributed by atoms with Crippen LogP contribution in [-0.2, 0) is 15.9 Å². The van der Waals surface area contributed by atoms with Crippen LogP contribution in [0.2, 0.25) is 0 Å². The molecule has 27 heavy (non-hydrogen) atoms. The lowest BCUT2D eigenvalue weighted by Crippen LogP contribution is -2.47. The van der Waals surface area contributed by atoms with Gasteiger partial charge in [0.15, 0.2) is 17.3 Å². The Hall–Kier alpha value is -1.37. The van der Waals surface area contributed by atoms with Gasteiger partial charge in [0, 0.05) is 26.2 Å². The lowest BCUT2D eigenvalue weighted by atomic mass is 9.85. The Balaban J connectivity index is 1.82. The Morgan fingerprint density at radius 1 is 1.19 bits per heavy atom. The third-order valence-electron chi connectivity index (χ3n) is 5.25. The summed E-state index contributed by atoms with van der Waals surface area (Å²) in [6, 6.07) is 2.17. The van der Waals surface area contributed by atoms with Crippen LogP contribution >= 0.6 is 0 Å². The first-order chi connectivity index (χ1) is 12.8. The Bertz CT molecular complexity index is 659. The summed E-state index contributed by atoms with van der Waals surface area (Å²) in [7, 11) is 3.15. The molecule has 0 amide bonds. The van der Waals surface area contributed by atoms with Crippen molar-refractivity contribution in [1.29, 1.82) is 0 Å². The lowest BCUT2D eigenvalue weighted by molar-refractivity contribution is -0.0972. The molecule has 6 heteroatoms. The Morgan fingerprint density at radius 3 is 2.63 bits per heavy atom. The van der Waals surface area contributed by atoms with Crippen LogP contribution in [0.15, 0.2) is 6.07 Å². The molecule has 0 aliphatic carbocycles. The van der Waals surface area contributed by atoms with E-state index >= 15 is 4.39 Å². The van der Waals surface area contributed by atoms with Crippen LogP contribution in [0, 0.1) is 5.82 Å². The van der Waals surface area contributed by atoms with E-state index in [0.29, 0.717) is 25.4 Å². The fraction of sp³-hybridized carbons (Fsp3) is 0.714. The molecule has 0 saturated carbocycles. The molecule has 0 bridgehead atoms. The van der Waals surface area contributed by atoms with Gasteiger partial charge in [0.25, 0.3) is 0 Å². The SMILES string of the molecule is COCCOc1c(OC)cc2c(c1F)CCN1CC(OC(C)(C)C)CCC21. The topological polar surface area (TPSA) is 40.2 Å². The number of hydrogen-bond donors (Lipinski definition) is 0. The van der Waals surface area contributed by atoms with Gasteiger partial charge in [0.2, 0.25) is 0 Å². The van der Waals surface area contributed by atoms with Crippen LogP contribution in [0.3, 0.4) is 0 Å². The summed E-state index contributed by atoms with van der Waals surface area (Å²) < 4.78 is 37.4. The molecule has 0 N–H and O–H groups in total. The first-order valence-electron chi connectivity index (χ1n) is 9.77. The largest absolute Gasteiger partial charge is 0.493 e. The molecule has 2 atom stereocenters. The molecule has 2 aliphatic rings. The maximum atomic E-state index is 15.2. The van der Waals surface area contributed by atoms with Gasteiger partial charge in [-0.2, -0.15) is 0 Å². The van der Waals surface area contributed by atoms with E-state index in [0.717, 1.165) is 37.1 Å². The van der Waals surface area contributed by atoms with Gasteiger partial charge < -0.3 is 18.9 Å². The molecule has 1 fully saturated rings. The Morgan fingerprint density at radius 2 is 1.96 bits per heavy atom. The highest BCUT2D eigenvalue weighted by atomic mass is 19.1. The Kier molecular flexibility index (Phi) is 6.28. The molecular formula is C21H32FNO4. The van der Waals surface area contributed by atoms with Crippen LogP contribution in [0.5, 0.6) is 11.5 Å². The molecule has 1 aromatic carbocycles. The van der Waals surface area contributed by atoms with E-state index in [9.17, 15) is 0 Å². The van der Waals surface area contributed by atoms with Crippen molar-refractivity contribution in [3.8, 4) is 11.5 Å². The van der Waals surface area contributed by atoms with Crippen molar-refractivity contribution in [2.45, 2.75) is 57.8 Å². The number of hydrogen-bond acceptors (Lipinski definition) is 5. The molecule has 1 saturated heterocycles. The van der Waals surface area contributed by atoms with Crippen molar-refractivity contribution in [2.75, 3.05) is 40.5 Å². The first kappa shape index (κ1) is 20.4. The standard InChI is InChI=1S/C21H32FNO4/c1-21(2,3)27-14-6-7-17-16-12-18(25-5)20(26-11-10-24-4)19(22)15(16)8-9-23(17)13-14/h12,14,17H,6-11,13H2,1-5H3. The van der Waals surface area contributed by atoms with Crippen LogP contribution in [0.4, 0.5) is 4.39 Å². The van der Waals surface area contributed by atoms with Gasteiger partial charge >= 0.3 is 0 Å². The van der Waals surface area contributed by atoms with Crippen molar-refractivity contribution in [3.05, 3.63) is 23.0 Å². The third-order valence-corrected chi connectivity index (χ3v) is 5.25. The van der Waals surface area contributed by atoms with Crippen molar-refractivity contribution in [2.24, 2.45) is 0 Å². The van der Waals surface area contributed by atoms with Crippen molar-refractivity contribution < 1.29 is 23.3 Å². The quantitative estimate of drug-likeness (QED) is 0.702. The number of fused-ring (bicyclic) bond motifs is 3. The van der Waals surface area contributed by atoms with Gasteiger partial charge in [-0.05, 0) is 57.2 Å². The molecule has 2 aliphatic heterocycles. The summed E-state index contributed by atoms with van der Waals surface area (Å²) in [6.07, 6.45) is 2.84. The average molecular weight is 381 g/mol. The minimum Gasteiger partial charge on any atom is -0.493 e. The maximum Gasteiger partial charge on any atom is 0.197 e. The van der Waals surface area contributed by atoms with Gasteiger partial charge in [-0.3, -0.25) is 4.90 Å². The number of nitrogens with zero attached hydrogens (tertiary/aromatic N) is 1. The minimum absolute atomic E-state index is 0.144. The lowest BCUT2D eigenvalue weighted by Gasteiger charge is -2.45. The predicted octanol–water partition coefficient (Wildman–Crippen LogP) is 3.74. The first-order valence-corrected chi connectivity index (χ1v) is 9.77. The van der Waals surface area contributed by atoms with Gasteiger partial charge in [-0.1, -0.05) is 0 Å². The number of benzene rings is 1. The monoisotopic (exact) mass is 381 g/mol. The second-order valence-corrected chi connectivity index (χ2v) is 8.32. The van der Waals surface area contributed by atoms with Gasteiger partial charge in [0.05, 0.1) is 25.4 Å². The predicted molar refractivity (Wildman–Crippen MR) is 102 cm³/mol. The second-order valence-electron chi connectivity index (χ2n) is 8.32. The molecule has 3 rings (SSSR count). The summed E-state index contributed by atoms with van der Waals surface area (Å²) in [5, 5.41) is 0. The zero-order chi connectivity index (χ0) is 19.6. The zero-order valence-electron chi connectivity index (χ0n) is 17.1. The number of rotatable bonds is 6. The molecular weight excluding hydrogens is 349 g/mol. The summed E-state index contributed by atoms with van der Waals surface area (Å²) >= 11 is 0. The highest BCUT2D eigenvalue weighted by molar-refractivity contribution is 5.51. The van der Waals surface area contributed by atoms with E-state index in [1.807, 2.05) is 6.07 Å². The van der Waals surface area contributed by atoms with E-state index < -0.39 is 0 Å². The Labute approximate surface area is 161 Å². The smallest absolute Gasteiger partial charge is 0.197 e. The fourth-order valence-corrected chi connectivity index (χ4v) is 4.19. The van der Waals surface area contributed by atoms with Crippen molar-refractivity contribution in [1.82, 2.24) is 4.90 Å². The number of halogens is 1. The minimum atomic E-state index is -0.284. The van der Waals surface area contributed by atoms with Crippen LogP contribution in [0.1, 0.15) is 50.8 Å². The summed E-state index contributed by atoms with van der Waals surface area (Å²) in [6.45, 7) is 8.71. The molecule has 0 radical (unpaired) electrons.